The molecule has 2 aromatic rings. The number of amides is 3. The minimum atomic E-state index is -0.866. The molecule has 0 radical (unpaired) electrons. The number of ether oxygens (including phenoxy) is 1. The van der Waals surface area contributed by atoms with Gasteiger partial charge in [-0.1, -0.05) is 16.6 Å². The maximum absolute atomic E-state index is 13.3. The minimum absolute atomic E-state index is 0.272. The molecule has 1 fully saturated rings. The Balaban J connectivity index is 1.89. The van der Waals surface area contributed by atoms with Gasteiger partial charge < -0.3 is 4.74 Å². The van der Waals surface area contributed by atoms with E-state index in [0.717, 1.165) is 10.6 Å². The van der Waals surface area contributed by atoms with Crippen LogP contribution in [0.3, 0.4) is 0 Å². The van der Waals surface area contributed by atoms with Gasteiger partial charge in [0.15, 0.2) is 17.2 Å². The molecule has 3 heterocycles. The summed E-state index contributed by atoms with van der Waals surface area (Å²) in [6, 6.07) is 2.94. The Morgan fingerprint density at radius 2 is 2.03 bits per heavy atom. The number of urea groups is 1. The third kappa shape index (κ3) is 2.72. The number of carbonyl (C=O) groups excluding carboxylic acids is 3. The number of aryl methyl sites for hydroxylation is 1. The molecule has 10 heteroatoms. The Morgan fingerprint density at radius 1 is 1.33 bits per heavy atom. The highest BCUT2D eigenvalue weighted by atomic mass is 35.5. The lowest BCUT2D eigenvalue weighted by molar-refractivity contribution is -0.676. The molecule has 2 atom stereocenters. The zero-order valence-corrected chi connectivity index (χ0v) is 18.0. The first-order valence-corrected chi connectivity index (χ1v) is 9.72. The summed E-state index contributed by atoms with van der Waals surface area (Å²) in [5.74, 6) is 0.587. The summed E-state index contributed by atoms with van der Waals surface area (Å²) in [6.45, 7) is 4.77. The van der Waals surface area contributed by atoms with Gasteiger partial charge in [-0.2, -0.15) is 4.57 Å². The second-order valence-corrected chi connectivity index (χ2v) is 7.77. The number of fused-ring (bicyclic) bond motifs is 3. The van der Waals surface area contributed by atoms with E-state index >= 15 is 0 Å². The van der Waals surface area contributed by atoms with Gasteiger partial charge in [0.25, 0.3) is 5.91 Å². The maximum Gasteiger partial charge on any atom is 0.407 e. The number of aromatic nitrogens is 2. The van der Waals surface area contributed by atoms with Crippen molar-refractivity contribution in [2.24, 2.45) is 4.99 Å². The van der Waals surface area contributed by atoms with Crippen LogP contribution in [-0.2, 0) is 9.59 Å². The molecule has 4 rings (SSSR count). The first-order valence-electron chi connectivity index (χ1n) is 9.34. The highest BCUT2D eigenvalue weighted by Gasteiger charge is 2.54. The van der Waals surface area contributed by atoms with Crippen molar-refractivity contribution in [1.82, 2.24) is 14.4 Å². The van der Waals surface area contributed by atoms with E-state index in [1.54, 1.807) is 50.0 Å². The van der Waals surface area contributed by atoms with Gasteiger partial charge in [-0.15, -0.1) is 0 Å². The van der Waals surface area contributed by atoms with Crippen molar-refractivity contribution < 1.29 is 23.7 Å². The highest BCUT2D eigenvalue weighted by molar-refractivity contribution is 6.30. The summed E-state index contributed by atoms with van der Waals surface area (Å²) >= 11 is 6.21. The van der Waals surface area contributed by atoms with E-state index in [4.69, 9.17) is 16.3 Å². The van der Waals surface area contributed by atoms with Crippen LogP contribution in [0, 0.1) is 6.92 Å². The Bertz CT molecular complexity index is 1140. The van der Waals surface area contributed by atoms with Crippen molar-refractivity contribution in [1.29, 1.82) is 0 Å². The minimum Gasteiger partial charge on any atom is -0.493 e. The summed E-state index contributed by atoms with van der Waals surface area (Å²) < 4.78 is 9.00. The number of Topliss-reactive ketones (excluding diaryl/α,β-unsaturated/α-hetero) is 1. The quantitative estimate of drug-likeness (QED) is 0.695. The number of ketones is 1. The van der Waals surface area contributed by atoms with Crippen LogP contribution in [-0.4, -0.2) is 58.1 Å². The van der Waals surface area contributed by atoms with E-state index in [9.17, 15) is 14.4 Å². The number of likely N-dealkylation sites (N-methyl/N-ethyl adjacent to an activating group) is 1. The molecule has 0 bridgehead atoms. The number of hydrogen-bond donors (Lipinski definition) is 0. The topological polar surface area (TPSA) is 88.1 Å². The number of hydrogen-bond acceptors (Lipinski definition) is 5. The molecule has 0 N–H and O–H groups in total. The monoisotopic (exact) mass is 430 g/mol. The van der Waals surface area contributed by atoms with Crippen LogP contribution < -0.4 is 9.30 Å². The van der Waals surface area contributed by atoms with E-state index in [0.29, 0.717) is 28.2 Å². The van der Waals surface area contributed by atoms with Crippen molar-refractivity contribution in [3.05, 3.63) is 35.1 Å². The average molecular weight is 431 g/mol. The Morgan fingerprint density at radius 3 is 2.67 bits per heavy atom. The van der Waals surface area contributed by atoms with E-state index in [1.165, 1.54) is 11.8 Å². The number of aliphatic imine (C=N–C) groups is 1. The number of halogens is 1. The summed E-state index contributed by atoms with van der Waals surface area (Å²) in [5, 5.41) is 0.519. The van der Waals surface area contributed by atoms with Gasteiger partial charge in [0, 0.05) is 18.1 Å². The summed E-state index contributed by atoms with van der Waals surface area (Å²) in [4.78, 5) is 44.9. The number of amidine groups is 1. The van der Waals surface area contributed by atoms with E-state index < -0.39 is 24.0 Å². The van der Waals surface area contributed by atoms with Crippen LogP contribution in [0.2, 0.25) is 5.02 Å². The average Bonchev–Trinajstić information content (AvgIpc) is 3.20. The third-order valence-corrected chi connectivity index (χ3v) is 5.75. The van der Waals surface area contributed by atoms with Gasteiger partial charge in [-0.3, -0.25) is 14.5 Å². The summed E-state index contributed by atoms with van der Waals surface area (Å²) in [7, 11) is 3.10. The number of carbonyl (C=O) groups is 3. The lowest BCUT2D eigenvalue weighted by Gasteiger charge is -2.35. The number of rotatable bonds is 4. The van der Waals surface area contributed by atoms with Crippen molar-refractivity contribution in [2.45, 2.75) is 32.9 Å². The molecule has 1 aromatic carbocycles. The molecule has 0 aliphatic carbocycles. The van der Waals surface area contributed by atoms with Crippen molar-refractivity contribution >= 4 is 41.1 Å². The maximum atomic E-state index is 13.3. The SMILES string of the molecule is COc1ccc(Cl)cc1-n1c(C)c[n+]2c1N=C1C2C(=O)N(C(C)C(C)=O)C(=O)N1C. The fourth-order valence-electron chi connectivity index (χ4n) is 3.82. The van der Waals surface area contributed by atoms with Crippen LogP contribution in [0.5, 0.6) is 5.75 Å². The van der Waals surface area contributed by atoms with Gasteiger partial charge in [0.1, 0.15) is 11.9 Å². The van der Waals surface area contributed by atoms with E-state index in [-0.39, 0.29) is 5.78 Å². The van der Waals surface area contributed by atoms with Gasteiger partial charge in [0.05, 0.1) is 13.2 Å². The summed E-state index contributed by atoms with van der Waals surface area (Å²) in [6.07, 6.45) is 1.79. The second kappa shape index (κ2) is 6.94. The molecule has 30 heavy (non-hydrogen) atoms. The number of nitrogens with zero attached hydrogens (tertiary/aromatic N) is 5. The predicted octanol–water partition coefficient (Wildman–Crippen LogP) is 2.19. The van der Waals surface area contributed by atoms with Gasteiger partial charge in [0.2, 0.25) is 11.9 Å². The lowest BCUT2D eigenvalue weighted by atomic mass is 10.1. The zero-order valence-electron chi connectivity index (χ0n) is 17.2. The van der Waals surface area contributed by atoms with Crippen LogP contribution in [0.1, 0.15) is 25.6 Å². The van der Waals surface area contributed by atoms with Crippen LogP contribution >= 0.6 is 11.6 Å². The van der Waals surface area contributed by atoms with Crippen molar-refractivity contribution in [3.8, 4) is 11.4 Å². The van der Waals surface area contributed by atoms with Gasteiger partial charge in [-0.25, -0.2) is 14.3 Å². The molecule has 9 nitrogen and oxygen atoms in total. The molecule has 1 aromatic heterocycles. The molecule has 3 amide bonds. The third-order valence-electron chi connectivity index (χ3n) is 5.51. The van der Waals surface area contributed by atoms with Crippen molar-refractivity contribution in [2.75, 3.05) is 14.2 Å². The molecule has 0 saturated carbocycles. The number of benzene rings is 1. The number of imidazole rings is 1. The zero-order chi connectivity index (χ0) is 21.9. The van der Waals surface area contributed by atoms with Crippen LogP contribution in [0.25, 0.3) is 5.69 Å². The van der Waals surface area contributed by atoms with Gasteiger partial charge >= 0.3 is 12.0 Å². The molecule has 1 saturated heterocycles. The fourth-order valence-corrected chi connectivity index (χ4v) is 3.99. The lowest BCUT2D eigenvalue weighted by Crippen LogP contribution is -2.65. The Labute approximate surface area is 178 Å². The molecule has 0 spiro atoms. The highest BCUT2D eigenvalue weighted by Crippen LogP contribution is 2.35. The first-order chi connectivity index (χ1) is 14.2. The van der Waals surface area contributed by atoms with Crippen LogP contribution in [0.15, 0.2) is 29.4 Å². The molecule has 156 valence electrons. The molecule has 2 aliphatic heterocycles. The second-order valence-electron chi connectivity index (χ2n) is 7.34. The molecular weight excluding hydrogens is 410 g/mol. The normalized spacial score (nSPS) is 18.9. The number of imide groups is 1. The van der Waals surface area contributed by atoms with Crippen molar-refractivity contribution in [3.63, 3.8) is 0 Å². The standard InChI is InChI=1S/C20H21ClN5O4/c1-10-9-24-16-17(23(4)20(29)26(18(16)28)11(2)12(3)27)22-19(24)25(10)14-8-13(21)6-7-15(14)30-5/h6-9,11,16H,1-5H3/q+1. The molecule has 2 unspecified atom stereocenters. The molecule has 2 aliphatic rings. The Kier molecular flexibility index (Phi) is 4.65. The smallest absolute Gasteiger partial charge is 0.407 e. The summed E-state index contributed by atoms with van der Waals surface area (Å²) in [5.41, 5.74) is 1.46. The predicted molar refractivity (Wildman–Crippen MR) is 109 cm³/mol. The largest absolute Gasteiger partial charge is 0.493 e. The fraction of sp³-hybridized carbons (Fsp3) is 0.350. The van der Waals surface area contributed by atoms with Gasteiger partial charge in [-0.05, 0) is 32.9 Å². The molecular formula is C20H21ClN5O4+. The Hall–Kier alpha value is -3.20. The number of methoxy groups -OCH3 is 1. The van der Waals surface area contributed by atoms with Crippen LogP contribution in [0.4, 0.5) is 10.7 Å². The first kappa shape index (κ1) is 20.1. The van der Waals surface area contributed by atoms with E-state index in [2.05, 4.69) is 4.99 Å². The van der Waals surface area contributed by atoms with E-state index in [1.807, 2.05) is 11.5 Å².